The molecule has 1 aromatic carbocycles. The van der Waals surface area contributed by atoms with Crippen molar-refractivity contribution >= 4 is 23.5 Å². The number of nitrogens with zero attached hydrogens (tertiary/aromatic N) is 1. The third kappa shape index (κ3) is 4.36. The van der Waals surface area contributed by atoms with E-state index in [2.05, 4.69) is 0 Å². The van der Waals surface area contributed by atoms with Gasteiger partial charge in [-0.05, 0) is 31.5 Å². The van der Waals surface area contributed by atoms with Crippen LogP contribution in [0.15, 0.2) is 18.2 Å². The number of carbonyl (C=O) groups excluding carboxylic acids is 1. The van der Waals surface area contributed by atoms with Crippen LogP contribution in [0, 0.1) is 0 Å². The lowest BCUT2D eigenvalue weighted by Gasteiger charge is -2.21. The van der Waals surface area contributed by atoms with Crippen molar-refractivity contribution in [1.29, 1.82) is 0 Å². The number of hydrogen-bond donors (Lipinski definition) is 1. The number of carboxylic acids is 1. The van der Waals surface area contributed by atoms with Gasteiger partial charge in [0.25, 0.3) is 0 Å². The van der Waals surface area contributed by atoms with Crippen LogP contribution < -0.4 is 4.74 Å². The van der Waals surface area contributed by atoms with Crippen LogP contribution in [-0.4, -0.2) is 42.1 Å². The minimum Gasteiger partial charge on any atom is -0.495 e. The van der Waals surface area contributed by atoms with E-state index < -0.39 is 11.9 Å². The highest BCUT2D eigenvalue weighted by Gasteiger charge is 2.25. The minimum absolute atomic E-state index is 0.0837. The van der Waals surface area contributed by atoms with E-state index in [-0.39, 0.29) is 12.3 Å². The highest BCUT2D eigenvalue weighted by molar-refractivity contribution is 6.32. The van der Waals surface area contributed by atoms with Crippen molar-refractivity contribution in [2.45, 2.75) is 26.2 Å². The van der Waals surface area contributed by atoms with Crippen molar-refractivity contribution in [2.75, 3.05) is 20.2 Å². The average molecular weight is 314 g/mol. The number of amides is 1. The molecule has 116 valence electrons. The summed E-state index contributed by atoms with van der Waals surface area (Å²) in [6.45, 7) is 4.85. The van der Waals surface area contributed by atoms with Crippen LogP contribution >= 0.6 is 11.6 Å². The summed E-state index contributed by atoms with van der Waals surface area (Å²) < 4.78 is 5.04. The smallest absolute Gasteiger partial charge is 0.311 e. The Kier molecular flexibility index (Phi) is 6.49. The molecule has 1 N–H and O–H groups in total. The molecule has 0 aliphatic heterocycles. The van der Waals surface area contributed by atoms with Crippen LogP contribution in [-0.2, 0) is 9.59 Å². The van der Waals surface area contributed by atoms with Crippen molar-refractivity contribution in [3.8, 4) is 5.75 Å². The van der Waals surface area contributed by atoms with Crippen molar-refractivity contribution < 1.29 is 19.4 Å². The Hall–Kier alpha value is -1.75. The number of benzene rings is 1. The summed E-state index contributed by atoms with van der Waals surface area (Å²) in [5.74, 6) is -1.67. The summed E-state index contributed by atoms with van der Waals surface area (Å²) in [4.78, 5) is 25.2. The molecule has 0 heterocycles. The molecule has 1 aromatic rings. The lowest BCUT2D eigenvalue weighted by Crippen LogP contribution is -2.32. The molecule has 0 radical (unpaired) electrons. The second-order valence-corrected chi connectivity index (χ2v) is 4.96. The Labute approximate surface area is 129 Å². The first kappa shape index (κ1) is 17.3. The zero-order valence-corrected chi connectivity index (χ0v) is 13.2. The lowest BCUT2D eigenvalue weighted by atomic mass is 9.95. The Morgan fingerprint density at radius 1 is 1.33 bits per heavy atom. The van der Waals surface area contributed by atoms with Gasteiger partial charge in [-0.2, -0.15) is 0 Å². The molecule has 1 amide bonds. The van der Waals surface area contributed by atoms with E-state index in [9.17, 15) is 14.7 Å². The molecular weight excluding hydrogens is 294 g/mol. The zero-order chi connectivity index (χ0) is 16.0. The maximum absolute atomic E-state index is 12.1. The fourth-order valence-corrected chi connectivity index (χ4v) is 2.39. The standard InChI is InChI=1S/C15H20ClNO4/c1-4-17(5-2)14(18)9-11(15(19)20)10-6-7-13(21-3)12(16)8-10/h6-8,11H,4-5,9H2,1-3H3,(H,19,20). The van der Waals surface area contributed by atoms with Gasteiger partial charge in [0.2, 0.25) is 5.91 Å². The van der Waals surface area contributed by atoms with Gasteiger partial charge in [-0.1, -0.05) is 17.7 Å². The molecule has 0 aliphatic carbocycles. The number of halogens is 1. The van der Waals surface area contributed by atoms with E-state index in [4.69, 9.17) is 16.3 Å². The molecule has 1 unspecified atom stereocenters. The number of aliphatic carboxylic acids is 1. The first-order valence-electron chi connectivity index (χ1n) is 6.78. The van der Waals surface area contributed by atoms with Crippen LogP contribution in [0.5, 0.6) is 5.75 Å². The molecule has 1 rings (SSSR count). The molecular formula is C15H20ClNO4. The molecule has 0 aliphatic rings. The summed E-state index contributed by atoms with van der Waals surface area (Å²) in [5.41, 5.74) is 0.494. The molecule has 0 aromatic heterocycles. The van der Waals surface area contributed by atoms with Crippen molar-refractivity contribution in [3.05, 3.63) is 28.8 Å². The number of methoxy groups -OCH3 is 1. The molecule has 0 spiro atoms. The predicted molar refractivity (Wildman–Crippen MR) is 80.9 cm³/mol. The van der Waals surface area contributed by atoms with Gasteiger partial charge in [0.1, 0.15) is 5.75 Å². The normalized spacial score (nSPS) is 11.8. The van der Waals surface area contributed by atoms with E-state index in [1.807, 2.05) is 13.8 Å². The molecule has 0 fully saturated rings. The zero-order valence-electron chi connectivity index (χ0n) is 12.4. The monoisotopic (exact) mass is 313 g/mol. The minimum atomic E-state index is -1.04. The van der Waals surface area contributed by atoms with Gasteiger partial charge in [0.05, 0.1) is 18.1 Å². The highest BCUT2D eigenvalue weighted by Crippen LogP contribution is 2.30. The van der Waals surface area contributed by atoms with Crippen molar-refractivity contribution in [2.24, 2.45) is 0 Å². The fraction of sp³-hybridized carbons (Fsp3) is 0.467. The van der Waals surface area contributed by atoms with E-state index in [1.165, 1.54) is 13.2 Å². The molecule has 0 saturated carbocycles. The summed E-state index contributed by atoms with van der Waals surface area (Å²) >= 11 is 6.02. The number of carboxylic acid groups (broad SMARTS) is 1. The summed E-state index contributed by atoms with van der Waals surface area (Å²) in [6, 6.07) is 4.77. The van der Waals surface area contributed by atoms with E-state index in [0.29, 0.717) is 29.4 Å². The van der Waals surface area contributed by atoms with Crippen LogP contribution in [0.1, 0.15) is 31.7 Å². The third-order valence-electron chi connectivity index (χ3n) is 3.37. The molecule has 21 heavy (non-hydrogen) atoms. The number of carbonyl (C=O) groups is 2. The van der Waals surface area contributed by atoms with Gasteiger partial charge < -0.3 is 14.7 Å². The quantitative estimate of drug-likeness (QED) is 0.840. The van der Waals surface area contributed by atoms with Crippen LogP contribution in [0.4, 0.5) is 0 Å². The number of hydrogen-bond acceptors (Lipinski definition) is 3. The first-order chi connectivity index (χ1) is 9.94. The molecule has 0 bridgehead atoms. The second kappa shape index (κ2) is 7.88. The third-order valence-corrected chi connectivity index (χ3v) is 3.67. The Morgan fingerprint density at radius 2 is 1.95 bits per heavy atom. The summed E-state index contributed by atoms with van der Waals surface area (Å²) in [7, 11) is 1.49. The fourth-order valence-electron chi connectivity index (χ4n) is 2.13. The number of ether oxygens (including phenoxy) is 1. The summed E-state index contributed by atoms with van der Waals surface area (Å²) in [5, 5.41) is 9.71. The second-order valence-electron chi connectivity index (χ2n) is 4.55. The van der Waals surface area contributed by atoms with E-state index in [1.54, 1.807) is 17.0 Å². The topological polar surface area (TPSA) is 66.8 Å². The lowest BCUT2D eigenvalue weighted by molar-refractivity contribution is -0.142. The Balaban J connectivity index is 3.00. The SMILES string of the molecule is CCN(CC)C(=O)CC(C(=O)O)c1ccc(OC)c(Cl)c1. The van der Waals surface area contributed by atoms with Gasteiger partial charge in [0, 0.05) is 19.5 Å². The van der Waals surface area contributed by atoms with Crippen LogP contribution in [0.25, 0.3) is 0 Å². The van der Waals surface area contributed by atoms with Gasteiger partial charge in [0.15, 0.2) is 0 Å². The van der Waals surface area contributed by atoms with E-state index >= 15 is 0 Å². The maximum Gasteiger partial charge on any atom is 0.311 e. The molecule has 0 saturated heterocycles. The largest absolute Gasteiger partial charge is 0.495 e. The van der Waals surface area contributed by atoms with Gasteiger partial charge in [-0.25, -0.2) is 0 Å². The highest BCUT2D eigenvalue weighted by atomic mass is 35.5. The van der Waals surface area contributed by atoms with Crippen LogP contribution in [0.3, 0.4) is 0 Å². The average Bonchev–Trinajstić information content (AvgIpc) is 2.45. The number of rotatable bonds is 7. The Bertz CT molecular complexity index is 514. The maximum atomic E-state index is 12.1. The van der Waals surface area contributed by atoms with Crippen molar-refractivity contribution in [3.63, 3.8) is 0 Å². The molecule has 1 atom stereocenters. The van der Waals surface area contributed by atoms with Gasteiger partial charge in [-0.15, -0.1) is 0 Å². The van der Waals surface area contributed by atoms with Crippen molar-refractivity contribution in [1.82, 2.24) is 4.90 Å². The predicted octanol–water partition coefficient (Wildman–Crippen LogP) is 2.78. The van der Waals surface area contributed by atoms with Gasteiger partial charge in [-0.3, -0.25) is 9.59 Å². The molecule has 5 nitrogen and oxygen atoms in total. The van der Waals surface area contributed by atoms with Crippen LogP contribution in [0.2, 0.25) is 5.02 Å². The Morgan fingerprint density at radius 3 is 2.38 bits per heavy atom. The summed E-state index contributed by atoms with van der Waals surface area (Å²) in [6.07, 6.45) is -0.0837. The first-order valence-corrected chi connectivity index (χ1v) is 7.16. The molecule has 6 heteroatoms. The van der Waals surface area contributed by atoms with Gasteiger partial charge >= 0.3 is 5.97 Å². The van der Waals surface area contributed by atoms with E-state index in [0.717, 1.165) is 0 Å².